The van der Waals surface area contributed by atoms with E-state index in [9.17, 15) is 4.79 Å². The predicted octanol–water partition coefficient (Wildman–Crippen LogP) is 2.71. The number of rotatable bonds is 3. The van der Waals surface area contributed by atoms with E-state index < -0.39 is 0 Å². The molecule has 1 N–H and O–H groups in total. The van der Waals surface area contributed by atoms with Crippen LogP contribution >= 0.6 is 0 Å². The molecule has 1 aromatic carbocycles. The second-order valence-corrected chi connectivity index (χ2v) is 5.77. The van der Waals surface area contributed by atoms with Crippen LogP contribution in [0.4, 0.5) is 5.69 Å². The maximum atomic E-state index is 12.4. The second-order valence-electron chi connectivity index (χ2n) is 5.77. The van der Waals surface area contributed by atoms with E-state index in [0.29, 0.717) is 16.8 Å². The van der Waals surface area contributed by atoms with Gasteiger partial charge in [-0.2, -0.15) is 0 Å². The van der Waals surface area contributed by atoms with Crippen molar-refractivity contribution in [2.24, 2.45) is 7.05 Å². The molecule has 0 radical (unpaired) electrons. The van der Waals surface area contributed by atoms with Crippen molar-refractivity contribution in [1.29, 1.82) is 0 Å². The molecule has 4 aromatic rings. The molecule has 3 heterocycles. The fraction of sp³-hybridized carbons (Fsp3) is 0.111. The fourth-order valence-electron chi connectivity index (χ4n) is 2.70. The number of nitrogens with one attached hydrogen (secondary N) is 1. The topological polar surface area (TPSA) is 77.6 Å². The molecule has 0 aliphatic rings. The van der Waals surface area contributed by atoms with Crippen LogP contribution in [0, 0.1) is 6.92 Å². The van der Waals surface area contributed by atoms with Crippen LogP contribution < -0.4 is 5.32 Å². The van der Waals surface area contributed by atoms with Gasteiger partial charge in [0.15, 0.2) is 5.65 Å². The van der Waals surface area contributed by atoms with Gasteiger partial charge in [0.25, 0.3) is 5.91 Å². The van der Waals surface area contributed by atoms with Gasteiger partial charge in [-0.05, 0) is 37.3 Å². The summed E-state index contributed by atoms with van der Waals surface area (Å²) < 4.78 is 3.79. The molecule has 0 saturated heterocycles. The van der Waals surface area contributed by atoms with Crippen LogP contribution in [0.25, 0.3) is 16.9 Å². The summed E-state index contributed by atoms with van der Waals surface area (Å²) in [4.78, 5) is 25.2. The molecular formula is C18H16N6O. The highest BCUT2D eigenvalue weighted by Gasteiger charge is 2.10. The zero-order valence-corrected chi connectivity index (χ0v) is 13.8. The Bertz CT molecular complexity index is 1060. The average molecular weight is 332 g/mol. The highest BCUT2D eigenvalue weighted by molar-refractivity contribution is 6.05. The zero-order valence-electron chi connectivity index (χ0n) is 13.8. The van der Waals surface area contributed by atoms with E-state index in [1.807, 2.05) is 53.6 Å². The van der Waals surface area contributed by atoms with E-state index in [1.54, 1.807) is 24.8 Å². The Balaban J connectivity index is 1.54. The van der Waals surface area contributed by atoms with Crippen LogP contribution in [0.15, 0.2) is 55.2 Å². The maximum absolute atomic E-state index is 12.4. The Morgan fingerprint density at radius 3 is 2.64 bits per heavy atom. The monoisotopic (exact) mass is 332 g/mol. The molecule has 7 nitrogen and oxygen atoms in total. The third-order valence-electron chi connectivity index (χ3n) is 4.04. The molecule has 25 heavy (non-hydrogen) atoms. The standard InChI is InChI=1S/C18H16N6O/c1-12-19-7-8-24(12)15-5-3-14(4-6-15)22-18(25)13-9-16-17(20-10-13)23(2)11-21-16/h3-11H,1-2H3,(H,22,25). The first-order chi connectivity index (χ1) is 12.1. The van der Waals surface area contributed by atoms with Gasteiger partial charge >= 0.3 is 0 Å². The van der Waals surface area contributed by atoms with Crippen molar-refractivity contribution in [3.05, 3.63) is 66.6 Å². The summed E-state index contributed by atoms with van der Waals surface area (Å²) in [6.07, 6.45) is 6.89. The van der Waals surface area contributed by atoms with Gasteiger partial charge in [0.05, 0.1) is 11.9 Å². The molecule has 0 aliphatic carbocycles. The Labute approximate surface area is 144 Å². The first-order valence-corrected chi connectivity index (χ1v) is 7.80. The van der Waals surface area contributed by atoms with Crippen LogP contribution in [0.5, 0.6) is 0 Å². The molecule has 0 unspecified atom stereocenters. The number of aryl methyl sites for hydroxylation is 2. The fourth-order valence-corrected chi connectivity index (χ4v) is 2.70. The second kappa shape index (κ2) is 5.86. The minimum Gasteiger partial charge on any atom is -0.322 e. The van der Waals surface area contributed by atoms with Gasteiger partial charge in [0, 0.05) is 37.0 Å². The maximum Gasteiger partial charge on any atom is 0.257 e. The van der Waals surface area contributed by atoms with E-state index in [-0.39, 0.29) is 5.91 Å². The Morgan fingerprint density at radius 2 is 1.92 bits per heavy atom. The van der Waals surface area contributed by atoms with Gasteiger partial charge in [-0.25, -0.2) is 15.0 Å². The quantitative estimate of drug-likeness (QED) is 0.626. The highest BCUT2D eigenvalue weighted by atomic mass is 16.1. The van der Waals surface area contributed by atoms with Gasteiger partial charge in [0.1, 0.15) is 11.3 Å². The van der Waals surface area contributed by atoms with Gasteiger partial charge in [-0.3, -0.25) is 4.79 Å². The summed E-state index contributed by atoms with van der Waals surface area (Å²) in [5.74, 6) is 0.693. The molecule has 7 heteroatoms. The van der Waals surface area contributed by atoms with Crippen molar-refractivity contribution in [2.45, 2.75) is 6.92 Å². The number of fused-ring (bicyclic) bond motifs is 1. The predicted molar refractivity (Wildman–Crippen MR) is 94.8 cm³/mol. The number of carbonyl (C=O) groups is 1. The Hall–Kier alpha value is -3.48. The van der Waals surface area contributed by atoms with Crippen LogP contribution in [0.1, 0.15) is 16.2 Å². The number of anilines is 1. The molecule has 0 spiro atoms. The molecule has 0 saturated carbocycles. The number of nitrogens with zero attached hydrogens (tertiary/aromatic N) is 5. The molecule has 0 bridgehead atoms. The molecule has 0 atom stereocenters. The van der Waals surface area contributed by atoms with Gasteiger partial charge in [-0.1, -0.05) is 0 Å². The lowest BCUT2D eigenvalue weighted by Crippen LogP contribution is -2.12. The average Bonchev–Trinajstić information content (AvgIpc) is 3.21. The summed E-state index contributed by atoms with van der Waals surface area (Å²) in [6, 6.07) is 9.33. The minimum absolute atomic E-state index is 0.216. The van der Waals surface area contributed by atoms with E-state index in [2.05, 4.69) is 20.3 Å². The number of aromatic nitrogens is 5. The zero-order chi connectivity index (χ0) is 17.4. The normalized spacial score (nSPS) is 11.0. The van der Waals surface area contributed by atoms with E-state index in [1.165, 1.54) is 0 Å². The highest BCUT2D eigenvalue weighted by Crippen LogP contribution is 2.16. The Kier molecular flexibility index (Phi) is 3.53. The molecule has 0 fully saturated rings. The third-order valence-corrected chi connectivity index (χ3v) is 4.04. The van der Waals surface area contributed by atoms with Crippen molar-refractivity contribution < 1.29 is 4.79 Å². The van der Waals surface area contributed by atoms with Crippen molar-refractivity contribution in [3.63, 3.8) is 0 Å². The van der Waals surface area contributed by atoms with Gasteiger partial charge < -0.3 is 14.5 Å². The van der Waals surface area contributed by atoms with Crippen molar-refractivity contribution in [2.75, 3.05) is 5.32 Å². The first-order valence-electron chi connectivity index (χ1n) is 7.80. The van der Waals surface area contributed by atoms with Crippen LogP contribution in [-0.4, -0.2) is 30.0 Å². The van der Waals surface area contributed by atoms with Crippen LogP contribution in [-0.2, 0) is 7.05 Å². The van der Waals surface area contributed by atoms with Gasteiger partial charge in [-0.15, -0.1) is 0 Å². The number of hydrogen-bond donors (Lipinski definition) is 1. The minimum atomic E-state index is -0.216. The first kappa shape index (κ1) is 15.1. The lowest BCUT2D eigenvalue weighted by Gasteiger charge is -2.08. The van der Waals surface area contributed by atoms with Gasteiger partial charge in [0.2, 0.25) is 0 Å². The SMILES string of the molecule is Cc1nccn1-c1ccc(NC(=O)c2cnc3c(c2)ncn3C)cc1. The molecular weight excluding hydrogens is 316 g/mol. The lowest BCUT2D eigenvalue weighted by molar-refractivity contribution is 0.102. The number of benzene rings is 1. The third kappa shape index (κ3) is 2.76. The summed E-state index contributed by atoms with van der Waals surface area (Å²) >= 11 is 0. The molecule has 124 valence electrons. The number of imidazole rings is 2. The lowest BCUT2D eigenvalue weighted by atomic mass is 10.2. The summed E-state index contributed by atoms with van der Waals surface area (Å²) in [6.45, 7) is 1.94. The molecule has 1 amide bonds. The van der Waals surface area contributed by atoms with E-state index >= 15 is 0 Å². The van der Waals surface area contributed by atoms with Crippen molar-refractivity contribution >= 4 is 22.8 Å². The van der Waals surface area contributed by atoms with E-state index in [0.717, 1.165) is 17.2 Å². The van der Waals surface area contributed by atoms with Crippen LogP contribution in [0.3, 0.4) is 0 Å². The number of carbonyl (C=O) groups excluding carboxylic acids is 1. The number of hydrogen-bond acceptors (Lipinski definition) is 4. The molecule has 3 aromatic heterocycles. The summed E-state index contributed by atoms with van der Waals surface area (Å²) in [5.41, 5.74) is 3.62. The summed E-state index contributed by atoms with van der Waals surface area (Å²) in [7, 11) is 1.87. The summed E-state index contributed by atoms with van der Waals surface area (Å²) in [5, 5.41) is 2.88. The number of pyridine rings is 1. The smallest absolute Gasteiger partial charge is 0.257 e. The molecule has 0 aliphatic heterocycles. The largest absolute Gasteiger partial charge is 0.322 e. The van der Waals surface area contributed by atoms with Crippen molar-refractivity contribution in [1.82, 2.24) is 24.1 Å². The Morgan fingerprint density at radius 1 is 1.12 bits per heavy atom. The van der Waals surface area contributed by atoms with Crippen LogP contribution in [0.2, 0.25) is 0 Å². The number of amides is 1. The van der Waals surface area contributed by atoms with Crippen molar-refractivity contribution in [3.8, 4) is 5.69 Å². The van der Waals surface area contributed by atoms with E-state index in [4.69, 9.17) is 0 Å². The molecule has 4 rings (SSSR count).